The van der Waals surface area contributed by atoms with Crippen molar-refractivity contribution in [2.45, 2.75) is 26.4 Å². The van der Waals surface area contributed by atoms with Gasteiger partial charge in [0.15, 0.2) is 5.78 Å². The van der Waals surface area contributed by atoms with E-state index in [-0.39, 0.29) is 12.4 Å². The van der Waals surface area contributed by atoms with E-state index in [9.17, 15) is 4.79 Å². The van der Waals surface area contributed by atoms with E-state index in [2.05, 4.69) is 13.8 Å². The number of ether oxygens (including phenoxy) is 1. The van der Waals surface area contributed by atoms with Gasteiger partial charge in [0.25, 0.3) is 0 Å². The molecule has 2 aromatic carbocycles. The van der Waals surface area contributed by atoms with Crippen molar-refractivity contribution in [2.24, 2.45) is 0 Å². The summed E-state index contributed by atoms with van der Waals surface area (Å²) in [6, 6.07) is 15.2. The molecule has 0 spiro atoms. The average molecular weight is 303 g/mol. The molecule has 0 unspecified atom stereocenters. The number of rotatable bonds is 6. The Balaban J connectivity index is 1.88. The van der Waals surface area contributed by atoms with Crippen LogP contribution in [-0.4, -0.2) is 12.4 Å². The lowest BCUT2D eigenvalue weighted by molar-refractivity contribution is 0.0726. The molecule has 3 heteroatoms. The van der Waals surface area contributed by atoms with Crippen LogP contribution in [0.15, 0.2) is 48.5 Å². The highest BCUT2D eigenvalue weighted by atomic mass is 35.5. The number of ketones is 1. The van der Waals surface area contributed by atoms with Crippen LogP contribution in [0.25, 0.3) is 0 Å². The predicted octanol–water partition coefficient (Wildman–Crippen LogP) is 4.86. The topological polar surface area (TPSA) is 26.3 Å². The Labute approximate surface area is 130 Å². The Hall–Kier alpha value is -1.64. The van der Waals surface area contributed by atoms with Crippen LogP contribution < -0.4 is 0 Å². The maximum absolute atomic E-state index is 12.0. The number of carbonyl (C=O) groups is 1. The minimum Gasteiger partial charge on any atom is -0.369 e. The van der Waals surface area contributed by atoms with Crippen molar-refractivity contribution in [3.63, 3.8) is 0 Å². The molecule has 0 aliphatic rings. The summed E-state index contributed by atoms with van der Waals surface area (Å²) in [6.45, 7) is 4.66. The molecule has 0 atom stereocenters. The van der Waals surface area contributed by atoms with Crippen molar-refractivity contribution in [2.75, 3.05) is 6.61 Å². The van der Waals surface area contributed by atoms with E-state index in [1.54, 1.807) is 0 Å². The second-order valence-corrected chi connectivity index (χ2v) is 5.69. The Kier molecular flexibility index (Phi) is 5.54. The lowest BCUT2D eigenvalue weighted by Crippen LogP contribution is -2.09. The zero-order valence-electron chi connectivity index (χ0n) is 12.3. The molecule has 0 amide bonds. The van der Waals surface area contributed by atoms with Crippen molar-refractivity contribution in [1.82, 2.24) is 0 Å². The van der Waals surface area contributed by atoms with Crippen LogP contribution >= 0.6 is 11.6 Å². The Morgan fingerprint density at radius 2 is 1.76 bits per heavy atom. The first-order valence-corrected chi connectivity index (χ1v) is 7.40. The molecule has 0 fully saturated rings. The highest BCUT2D eigenvalue weighted by Crippen LogP contribution is 2.17. The first-order valence-electron chi connectivity index (χ1n) is 7.02. The van der Waals surface area contributed by atoms with Gasteiger partial charge >= 0.3 is 0 Å². The van der Waals surface area contributed by atoms with Crippen molar-refractivity contribution in [3.05, 3.63) is 70.2 Å². The zero-order valence-corrected chi connectivity index (χ0v) is 13.1. The van der Waals surface area contributed by atoms with Crippen molar-refractivity contribution in [1.29, 1.82) is 0 Å². The SMILES string of the molecule is CC(C)c1ccc(C(=O)COCc2ccccc2Cl)cc1. The highest BCUT2D eigenvalue weighted by molar-refractivity contribution is 6.31. The van der Waals surface area contributed by atoms with E-state index in [4.69, 9.17) is 16.3 Å². The van der Waals surface area contributed by atoms with Gasteiger partial charge in [0.05, 0.1) is 6.61 Å². The predicted molar refractivity (Wildman–Crippen MR) is 86.0 cm³/mol. The summed E-state index contributed by atoms with van der Waals surface area (Å²) < 4.78 is 5.46. The summed E-state index contributed by atoms with van der Waals surface area (Å²) in [4.78, 5) is 12.0. The van der Waals surface area contributed by atoms with E-state index < -0.39 is 0 Å². The quantitative estimate of drug-likeness (QED) is 0.712. The minimum atomic E-state index is -0.0163. The van der Waals surface area contributed by atoms with Crippen LogP contribution in [0, 0.1) is 0 Å². The molecule has 0 saturated carbocycles. The van der Waals surface area contributed by atoms with Gasteiger partial charge in [-0.25, -0.2) is 0 Å². The van der Waals surface area contributed by atoms with Crippen molar-refractivity contribution >= 4 is 17.4 Å². The molecule has 0 aliphatic carbocycles. The van der Waals surface area contributed by atoms with Gasteiger partial charge < -0.3 is 4.74 Å². The van der Waals surface area contributed by atoms with Crippen LogP contribution in [-0.2, 0) is 11.3 Å². The van der Waals surface area contributed by atoms with Crippen molar-refractivity contribution in [3.8, 4) is 0 Å². The number of carbonyl (C=O) groups excluding carboxylic acids is 1. The first kappa shape index (κ1) is 15.7. The van der Waals surface area contributed by atoms with E-state index in [1.165, 1.54) is 5.56 Å². The van der Waals surface area contributed by atoms with Crippen LogP contribution in [0.3, 0.4) is 0 Å². The van der Waals surface area contributed by atoms with Gasteiger partial charge in [0.2, 0.25) is 0 Å². The van der Waals surface area contributed by atoms with E-state index in [0.29, 0.717) is 23.1 Å². The Bertz CT molecular complexity index is 603. The number of benzene rings is 2. The summed E-state index contributed by atoms with van der Waals surface area (Å²) in [7, 11) is 0. The molecule has 0 heterocycles. The molecule has 0 bridgehead atoms. The highest BCUT2D eigenvalue weighted by Gasteiger charge is 2.08. The molecule has 2 rings (SSSR count). The molecule has 2 nitrogen and oxygen atoms in total. The largest absolute Gasteiger partial charge is 0.369 e. The maximum atomic E-state index is 12.0. The summed E-state index contributed by atoms with van der Waals surface area (Å²) in [6.07, 6.45) is 0. The minimum absolute atomic E-state index is 0.0163. The van der Waals surface area contributed by atoms with Gasteiger partial charge in [0, 0.05) is 10.6 Å². The molecule has 0 aromatic heterocycles. The molecule has 2 aromatic rings. The van der Waals surface area contributed by atoms with Gasteiger partial charge in [-0.3, -0.25) is 4.79 Å². The molecule has 21 heavy (non-hydrogen) atoms. The fourth-order valence-electron chi connectivity index (χ4n) is 2.01. The number of hydrogen-bond acceptors (Lipinski definition) is 2. The Morgan fingerprint density at radius 1 is 1.10 bits per heavy atom. The standard InChI is InChI=1S/C18H19ClO2/c1-13(2)14-7-9-15(10-8-14)18(20)12-21-11-16-5-3-4-6-17(16)19/h3-10,13H,11-12H2,1-2H3. The molecule has 0 N–H and O–H groups in total. The lowest BCUT2D eigenvalue weighted by Gasteiger charge is -2.08. The number of halogens is 1. The van der Waals surface area contributed by atoms with Gasteiger partial charge in [0.1, 0.15) is 6.61 Å². The van der Waals surface area contributed by atoms with Crippen molar-refractivity contribution < 1.29 is 9.53 Å². The molecular formula is C18H19ClO2. The molecule has 0 saturated heterocycles. The summed E-state index contributed by atoms with van der Waals surface area (Å²) in [5.41, 5.74) is 2.80. The second kappa shape index (κ2) is 7.39. The van der Waals surface area contributed by atoms with Crippen LogP contribution in [0.2, 0.25) is 5.02 Å². The zero-order chi connectivity index (χ0) is 15.2. The third kappa shape index (κ3) is 4.42. The Morgan fingerprint density at radius 3 is 2.38 bits per heavy atom. The van der Waals surface area contributed by atoms with Gasteiger partial charge in [-0.15, -0.1) is 0 Å². The van der Waals surface area contributed by atoms with Gasteiger partial charge in [-0.2, -0.15) is 0 Å². The molecule has 0 radical (unpaired) electrons. The van der Waals surface area contributed by atoms with E-state index in [0.717, 1.165) is 5.56 Å². The van der Waals surface area contributed by atoms with E-state index in [1.807, 2.05) is 48.5 Å². The molecular weight excluding hydrogens is 284 g/mol. The molecule has 0 aliphatic heterocycles. The monoisotopic (exact) mass is 302 g/mol. The number of hydrogen-bond donors (Lipinski definition) is 0. The van der Waals surface area contributed by atoms with Crippen LogP contribution in [0.1, 0.15) is 41.3 Å². The first-order chi connectivity index (χ1) is 10.1. The maximum Gasteiger partial charge on any atom is 0.188 e. The average Bonchev–Trinajstić information content (AvgIpc) is 2.49. The van der Waals surface area contributed by atoms with E-state index >= 15 is 0 Å². The van der Waals surface area contributed by atoms with Crippen LogP contribution in [0.4, 0.5) is 0 Å². The third-order valence-corrected chi connectivity index (χ3v) is 3.72. The fourth-order valence-corrected chi connectivity index (χ4v) is 2.20. The summed E-state index contributed by atoms with van der Waals surface area (Å²) >= 11 is 6.04. The summed E-state index contributed by atoms with van der Waals surface area (Å²) in [5, 5.41) is 0.659. The summed E-state index contributed by atoms with van der Waals surface area (Å²) in [5.74, 6) is 0.447. The molecule has 110 valence electrons. The number of Topliss-reactive ketones (excluding diaryl/α,β-unsaturated/α-hetero) is 1. The third-order valence-electron chi connectivity index (χ3n) is 3.35. The second-order valence-electron chi connectivity index (χ2n) is 5.28. The fraction of sp³-hybridized carbons (Fsp3) is 0.278. The van der Waals surface area contributed by atoms with Gasteiger partial charge in [-0.05, 0) is 23.1 Å². The lowest BCUT2D eigenvalue weighted by atomic mass is 10.0. The normalized spacial score (nSPS) is 10.9. The van der Waals surface area contributed by atoms with Gasteiger partial charge in [-0.1, -0.05) is 67.9 Å². The smallest absolute Gasteiger partial charge is 0.188 e. The van der Waals surface area contributed by atoms with Crippen LogP contribution in [0.5, 0.6) is 0 Å².